The Bertz CT molecular complexity index is 430. The van der Waals surface area contributed by atoms with Crippen LogP contribution in [0.4, 0.5) is 10.6 Å². The maximum Gasteiger partial charge on any atom is 0.409 e. The van der Waals surface area contributed by atoms with Crippen LogP contribution in [0.25, 0.3) is 0 Å². The molecule has 1 saturated heterocycles. The fourth-order valence-electron chi connectivity index (χ4n) is 2.16. The van der Waals surface area contributed by atoms with Crippen molar-refractivity contribution in [3.8, 4) is 0 Å². The van der Waals surface area contributed by atoms with Crippen LogP contribution in [0, 0.1) is 6.92 Å². The average molecular weight is 264 g/mol. The SMILES string of the molecule is CCOC(=O)N1CCC(Nc2cc(C)cnn2)CC1. The molecule has 0 saturated carbocycles. The molecule has 0 atom stereocenters. The van der Waals surface area contributed by atoms with E-state index >= 15 is 0 Å². The van der Waals surface area contributed by atoms with Gasteiger partial charge >= 0.3 is 6.09 Å². The molecule has 1 fully saturated rings. The summed E-state index contributed by atoms with van der Waals surface area (Å²) in [5.74, 6) is 0.801. The van der Waals surface area contributed by atoms with E-state index < -0.39 is 0 Å². The van der Waals surface area contributed by atoms with Gasteiger partial charge in [0, 0.05) is 19.1 Å². The highest BCUT2D eigenvalue weighted by molar-refractivity contribution is 5.67. The molecule has 0 unspecified atom stereocenters. The van der Waals surface area contributed by atoms with Gasteiger partial charge in [0.25, 0.3) is 0 Å². The van der Waals surface area contributed by atoms with E-state index in [1.54, 1.807) is 11.1 Å². The lowest BCUT2D eigenvalue weighted by molar-refractivity contribution is 0.0983. The van der Waals surface area contributed by atoms with Crippen molar-refractivity contribution in [1.82, 2.24) is 15.1 Å². The normalized spacial score (nSPS) is 16.2. The van der Waals surface area contributed by atoms with Gasteiger partial charge in [0.05, 0.1) is 12.8 Å². The van der Waals surface area contributed by atoms with Crippen molar-refractivity contribution in [3.63, 3.8) is 0 Å². The van der Waals surface area contributed by atoms with Gasteiger partial charge in [-0.3, -0.25) is 0 Å². The molecule has 104 valence electrons. The van der Waals surface area contributed by atoms with E-state index in [4.69, 9.17) is 4.74 Å². The molecule has 1 aliphatic rings. The zero-order valence-corrected chi connectivity index (χ0v) is 11.4. The maximum atomic E-state index is 11.6. The Morgan fingerprint density at radius 3 is 2.89 bits per heavy atom. The van der Waals surface area contributed by atoms with Crippen molar-refractivity contribution in [2.24, 2.45) is 0 Å². The zero-order valence-electron chi connectivity index (χ0n) is 11.4. The summed E-state index contributed by atoms with van der Waals surface area (Å²) in [6, 6.07) is 2.31. The van der Waals surface area contributed by atoms with Crippen LogP contribution in [0.1, 0.15) is 25.3 Å². The van der Waals surface area contributed by atoms with Gasteiger partial charge < -0.3 is 15.0 Å². The van der Waals surface area contributed by atoms with E-state index in [9.17, 15) is 4.79 Å². The molecule has 0 spiro atoms. The maximum absolute atomic E-state index is 11.6. The number of hydrogen-bond acceptors (Lipinski definition) is 5. The molecule has 2 rings (SSSR count). The van der Waals surface area contributed by atoms with E-state index in [0.29, 0.717) is 12.6 Å². The summed E-state index contributed by atoms with van der Waals surface area (Å²) in [5, 5.41) is 11.3. The van der Waals surface area contributed by atoms with Gasteiger partial charge in [0.1, 0.15) is 5.82 Å². The third kappa shape index (κ3) is 3.81. The van der Waals surface area contributed by atoms with Crippen molar-refractivity contribution < 1.29 is 9.53 Å². The predicted molar refractivity (Wildman–Crippen MR) is 72.0 cm³/mol. The first-order chi connectivity index (χ1) is 9.19. The highest BCUT2D eigenvalue weighted by Crippen LogP contribution is 2.16. The topological polar surface area (TPSA) is 67.3 Å². The number of carbonyl (C=O) groups excluding carboxylic acids is 1. The summed E-state index contributed by atoms with van der Waals surface area (Å²) < 4.78 is 4.99. The minimum Gasteiger partial charge on any atom is -0.450 e. The lowest BCUT2D eigenvalue weighted by atomic mass is 10.1. The van der Waals surface area contributed by atoms with Crippen molar-refractivity contribution in [2.45, 2.75) is 32.7 Å². The summed E-state index contributed by atoms with van der Waals surface area (Å²) in [4.78, 5) is 13.3. The number of amides is 1. The molecule has 6 nitrogen and oxygen atoms in total. The van der Waals surface area contributed by atoms with Crippen LogP contribution in [0.2, 0.25) is 0 Å². The third-order valence-corrected chi connectivity index (χ3v) is 3.16. The van der Waals surface area contributed by atoms with Crippen LogP contribution in [-0.4, -0.2) is 46.9 Å². The lowest BCUT2D eigenvalue weighted by Crippen LogP contribution is -2.42. The molecule has 1 amide bonds. The quantitative estimate of drug-likeness (QED) is 0.902. The number of piperidine rings is 1. The van der Waals surface area contributed by atoms with Crippen molar-refractivity contribution in [3.05, 3.63) is 17.8 Å². The summed E-state index contributed by atoms with van der Waals surface area (Å²) in [6.07, 6.45) is 3.31. The fraction of sp³-hybridized carbons (Fsp3) is 0.615. The molecule has 0 aliphatic carbocycles. The monoisotopic (exact) mass is 264 g/mol. The average Bonchev–Trinajstić information content (AvgIpc) is 2.40. The Labute approximate surface area is 113 Å². The number of hydrogen-bond donors (Lipinski definition) is 1. The molecule has 1 N–H and O–H groups in total. The van der Waals surface area contributed by atoms with Crippen LogP contribution in [0.3, 0.4) is 0 Å². The first-order valence-electron chi connectivity index (χ1n) is 6.66. The number of likely N-dealkylation sites (tertiary alicyclic amines) is 1. The number of ether oxygens (including phenoxy) is 1. The Morgan fingerprint density at radius 2 is 2.26 bits per heavy atom. The molecular weight excluding hydrogens is 244 g/mol. The molecule has 2 heterocycles. The molecule has 0 radical (unpaired) electrons. The number of aromatic nitrogens is 2. The number of aryl methyl sites for hydroxylation is 1. The minimum absolute atomic E-state index is 0.212. The van der Waals surface area contributed by atoms with E-state index in [1.807, 2.05) is 19.9 Å². The standard InChI is InChI=1S/C13H20N4O2/c1-3-19-13(18)17-6-4-11(5-7-17)15-12-8-10(2)9-14-16-12/h8-9,11H,3-7H2,1-2H3,(H,15,16). The lowest BCUT2D eigenvalue weighted by Gasteiger charge is -2.31. The van der Waals surface area contributed by atoms with Gasteiger partial charge in [0.15, 0.2) is 0 Å². The van der Waals surface area contributed by atoms with Crippen LogP contribution in [0.5, 0.6) is 0 Å². The molecule has 19 heavy (non-hydrogen) atoms. The van der Waals surface area contributed by atoms with Gasteiger partial charge in [0.2, 0.25) is 0 Å². The van der Waals surface area contributed by atoms with Crippen molar-refractivity contribution in [1.29, 1.82) is 0 Å². The van der Waals surface area contributed by atoms with Crippen molar-refractivity contribution in [2.75, 3.05) is 25.0 Å². The Hall–Kier alpha value is -1.85. The Morgan fingerprint density at radius 1 is 1.53 bits per heavy atom. The molecule has 1 aromatic heterocycles. The minimum atomic E-state index is -0.212. The summed E-state index contributed by atoms with van der Waals surface area (Å²) in [7, 11) is 0. The van der Waals surface area contributed by atoms with Gasteiger partial charge in [-0.25, -0.2) is 4.79 Å². The molecule has 0 aromatic carbocycles. The number of nitrogens with one attached hydrogen (secondary N) is 1. The second-order valence-corrected chi connectivity index (χ2v) is 4.72. The number of rotatable bonds is 3. The largest absolute Gasteiger partial charge is 0.450 e. The second-order valence-electron chi connectivity index (χ2n) is 4.72. The van der Waals surface area contributed by atoms with Gasteiger partial charge in [-0.05, 0) is 38.3 Å². The van der Waals surface area contributed by atoms with Crippen molar-refractivity contribution >= 4 is 11.9 Å². The molecular formula is C13H20N4O2. The number of carbonyl (C=O) groups is 1. The number of nitrogens with zero attached hydrogens (tertiary/aromatic N) is 3. The third-order valence-electron chi connectivity index (χ3n) is 3.16. The van der Waals surface area contributed by atoms with Gasteiger partial charge in [-0.1, -0.05) is 0 Å². The highest BCUT2D eigenvalue weighted by atomic mass is 16.6. The Balaban J connectivity index is 1.82. The summed E-state index contributed by atoms with van der Waals surface area (Å²) >= 11 is 0. The van der Waals surface area contributed by atoms with Crippen LogP contribution >= 0.6 is 0 Å². The fourth-order valence-corrected chi connectivity index (χ4v) is 2.16. The smallest absolute Gasteiger partial charge is 0.409 e. The van der Waals surface area contributed by atoms with E-state index in [1.165, 1.54) is 0 Å². The van der Waals surface area contributed by atoms with E-state index in [0.717, 1.165) is 37.3 Å². The van der Waals surface area contributed by atoms with Crippen LogP contribution in [-0.2, 0) is 4.74 Å². The Kier molecular flexibility index (Phi) is 4.54. The predicted octanol–water partition coefficient (Wildman–Crippen LogP) is 1.82. The second kappa shape index (κ2) is 6.36. The number of anilines is 1. The molecule has 1 aliphatic heterocycles. The first-order valence-corrected chi connectivity index (χ1v) is 6.66. The zero-order chi connectivity index (χ0) is 13.7. The van der Waals surface area contributed by atoms with E-state index in [-0.39, 0.29) is 6.09 Å². The summed E-state index contributed by atoms with van der Waals surface area (Å²) in [6.45, 7) is 5.67. The molecule has 6 heteroatoms. The summed E-state index contributed by atoms with van der Waals surface area (Å²) in [5.41, 5.74) is 1.08. The van der Waals surface area contributed by atoms with Gasteiger partial charge in [-0.2, -0.15) is 5.10 Å². The van der Waals surface area contributed by atoms with E-state index in [2.05, 4.69) is 15.5 Å². The van der Waals surface area contributed by atoms with Crippen LogP contribution < -0.4 is 5.32 Å². The molecule has 1 aromatic rings. The molecule has 0 bridgehead atoms. The highest BCUT2D eigenvalue weighted by Gasteiger charge is 2.23. The van der Waals surface area contributed by atoms with Gasteiger partial charge in [-0.15, -0.1) is 5.10 Å². The van der Waals surface area contributed by atoms with Crippen LogP contribution in [0.15, 0.2) is 12.3 Å². The first kappa shape index (κ1) is 13.6.